The molecule has 13 heteroatoms. The maximum absolute atomic E-state index is 11.0. The summed E-state index contributed by atoms with van der Waals surface area (Å²) in [6, 6.07) is 11.3. The number of aliphatic imine (C=N–C) groups is 1. The number of guanidine groups is 1. The number of aliphatic carboxylic acids is 2. The Hall–Kier alpha value is -4.39. The number of anilines is 1. The first-order valence-electron chi connectivity index (χ1n) is 9.63. The lowest BCUT2D eigenvalue weighted by Crippen LogP contribution is -2.22. The number of amides is 1. The van der Waals surface area contributed by atoms with E-state index in [1.54, 1.807) is 7.11 Å². The van der Waals surface area contributed by atoms with Crippen LogP contribution in [0.4, 0.5) is 5.13 Å². The highest BCUT2D eigenvalue weighted by molar-refractivity contribution is 7.14. The minimum Gasteiger partial charge on any atom is -0.497 e. The van der Waals surface area contributed by atoms with E-state index in [1.807, 2.05) is 41.8 Å². The number of benzene rings is 1. The van der Waals surface area contributed by atoms with Gasteiger partial charge in [-0.3, -0.25) is 4.79 Å². The van der Waals surface area contributed by atoms with Crippen molar-refractivity contribution in [2.45, 2.75) is 20.0 Å². The van der Waals surface area contributed by atoms with E-state index < -0.39 is 11.9 Å². The van der Waals surface area contributed by atoms with E-state index in [-0.39, 0.29) is 11.9 Å². The summed E-state index contributed by atoms with van der Waals surface area (Å²) in [7, 11) is 1.63. The normalized spacial score (nSPS) is 10.6. The van der Waals surface area contributed by atoms with Crippen molar-refractivity contribution in [3.05, 3.63) is 53.1 Å². The molecule has 0 radical (unpaired) electrons. The van der Waals surface area contributed by atoms with E-state index in [9.17, 15) is 4.79 Å². The SMILES string of the molecule is COc1cccc(CN=C(N)Nc2nc(-c3ccc(CNC(C)=O)o3)cs2)c1.O=C(O)C(=O)O. The molecule has 12 nitrogen and oxygen atoms in total. The highest BCUT2D eigenvalue weighted by atomic mass is 32.1. The van der Waals surface area contributed by atoms with Gasteiger partial charge in [-0.05, 0) is 29.8 Å². The Kier molecular flexibility index (Phi) is 9.58. The lowest BCUT2D eigenvalue weighted by atomic mass is 10.2. The lowest BCUT2D eigenvalue weighted by Gasteiger charge is -2.04. The number of thiazole rings is 1. The zero-order valence-electron chi connectivity index (χ0n) is 18.3. The van der Waals surface area contributed by atoms with Crippen molar-refractivity contribution in [1.82, 2.24) is 10.3 Å². The number of aromatic nitrogens is 1. The Balaban J connectivity index is 0.000000604. The third kappa shape index (κ3) is 8.63. The molecule has 0 saturated carbocycles. The molecule has 0 aliphatic rings. The second-order valence-electron chi connectivity index (χ2n) is 6.50. The first kappa shape index (κ1) is 25.9. The van der Waals surface area contributed by atoms with Crippen LogP contribution in [0.3, 0.4) is 0 Å². The molecule has 2 heterocycles. The number of nitrogens with two attached hydrogens (primary N) is 1. The van der Waals surface area contributed by atoms with Gasteiger partial charge >= 0.3 is 11.9 Å². The summed E-state index contributed by atoms with van der Waals surface area (Å²) in [6.45, 7) is 2.23. The first-order chi connectivity index (χ1) is 16.2. The summed E-state index contributed by atoms with van der Waals surface area (Å²) in [5, 5.41) is 22.9. The first-order valence-corrected chi connectivity index (χ1v) is 10.5. The standard InChI is InChI=1S/C19H21N5O3S.C2H2O4/c1-12(25)21-10-15-6-7-17(27-15)16-11-28-19(23-16)24-18(20)22-9-13-4-3-5-14(8-13)26-2;3-1(4)2(5)6/h3-8,11H,9-10H2,1-2H3,(H,21,25)(H3,20,22,23,24);(H,3,4)(H,5,6). The Labute approximate surface area is 198 Å². The van der Waals surface area contributed by atoms with Crippen molar-refractivity contribution in [2.75, 3.05) is 12.4 Å². The van der Waals surface area contributed by atoms with Gasteiger partial charge < -0.3 is 35.7 Å². The topological polar surface area (TPSA) is 189 Å². The molecular weight excluding hydrogens is 466 g/mol. The van der Waals surface area contributed by atoms with Crippen LogP contribution in [0, 0.1) is 0 Å². The van der Waals surface area contributed by atoms with Crippen LogP contribution in [0.2, 0.25) is 0 Å². The second-order valence-corrected chi connectivity index (χ2v) is 7.36. The van der Waals surface area contributed by atoms with Gasteiger partial charge in [0.25, 0.3) is 0 Å². The average molecular weight is 490 g/mol. The molecule has 3 rings (SSSR count). The van der Waals surface area contributed by atoms with Crippen molar-refractivity contribution < 1.29 is 33.8 Å². The number of furan rings is 1. The molecule has 0 unspecified atom stereocenters. The summed E-state index contributed by atoms with van der Waals surface area (Å²) in [5.41, 5.74) is 7.63. The second kappa shape index (κ2) is 12.6. The number of hydrogen-bond acceptors (Lipinski definition) is 8. The summed E-state index contributed by atoms with van der Waals surface area (Å²) in [5.74, 6) is -1.43. The zero-order valence-corrected chi connectivity index (χ0v) is 19.1. The van der Waals surface area contributed by atoms with Crippen LogP contribution in [0.1, 0.15) is 18.2 Å². The van der Waals surface area contributed by atoms with Gasteiger partial charge in [0.1, 0.15) is 17.2 Å². The maximum Gasteiger partial charge on any atom is 0.414 e. The van der Waals surface area contributed by atoms with Crippen LogP contribution in [0.5, 0.6) is 5.75 Å². The number of carbonyl (C=O) groups is 3. The van der Waals surface area contributed by atoms with Crippen molar-refractivity contribution in [1.29, 1.82) is 0 Å². The maximum atomic E-state index is 11.0. The summed E-state index contributed by atoms with van der Waals surface area (Å²) < 4.78 is 10.9. The Bertz CT molecular complexity index is 1160. The Morgan fingerprint density at radius 2 is 1.94 bits per heavy atom. The van der Waals surface area contributed by atoms with Gasteiger partial charge in [-0.25, -0.2) is 19.6 Å². The van der Waals surface area contributed by atoms with Crippen LogP contribution in [-0.4, -0.2) is 46.1 Å². The third-order valence-corrected chi connectivity index (χ3v) is 4.67. The molecule has 0 saturated heterocycles. The van der Waals surface area contributed by atoms with E-state index in [0.717, 1.165) is 11.3 Å². The van der Waals surface area contributed by atoms with Gasteiger partial charge in [-0.15, -0.1) is 11.3 Å². The molecule has 3 aromatic rings. The van der Waals surface area contributed by atoms with Crippen LogP contribution in [0.15, 0.2) is 51.2 Å². The molecule has 1 amide bonds. The fraction of sp³-hybridized carbons (Fsp3) is 0.190. The molecule has 2 aromatic heterocycles. The Morgan fingerprint density at radius 1 is 1.21 bits per heavy atom. The predicted molar refractivity (Wildman–Crippen MR) is 125 cm³/mol. The minimum absolute atomic E-state index is 0.109. The smallest absolute Gasteiger partial charge is 0.414 e. The summed E-state index contributed by atoms with van der Waals surface area (Å²) in [6.07, 6.45) is 0. The third-order valence-electron chi connectivity index (χ3n) is 3.91. The average Bonchev–Trinajstić information content (AvgIpc) is 3.46. The van der Waals surface area contributed by atoms with Gasteiger partial charge in [0.05, 0.1) is 20.2 Å². The number of carbonyl (C=O) groups excluding carboxylic acids is 1. The zero-order chi connectivity index (χ0) is 25.1. The van der Waals surface area contributed by atoms with E-state index in [4.69, 9.17) is 34.7 Å². The number of rotatable bonds is 7. The Morgan fingerprint density at radius 3 is 2.59 bits per heavy atom. The molecule has 0 fully saturated rings. The molecule has 6 N–H and O–H groups in total. The van der Waals surface area contributed by atoms with Gasteiger partial charge in [-0.1, -0.05) is 12.1 Å². The van der Waals surface area contributed by atoms with E-state index >= 15 is 0 Å². The van der Waals surface area contributed by atoms with E-state index in [1.165, 1.54) is 18.3 Å². The molecule has 0 bridgehead atoms. The van der Waals surface area contributed by atoms with Crippen molar-refractivity contribution in [3.8, 4) is 17.2 Å². The minimum atomic E-state index is -1.82. The van der Waals surface area contributed by atoms with Crippen molar-refractivity contribution in [3.63, 3.8) is 0 Å². The van der Waals surface area contributed by atoms with Crippen molar-refractivity contribution >= 4 is 40.3 Å². The van der Waals surface area contributed by atoms with Gasteiger partial charge in [0, 0.05) is 12.3 Å². The lowest BCUT2D eigenvalue weighted by molar-refractivity contribution is -0.159. The molecule has 0 spiro atoms. The number of ether oxygens (including phenoxy) is 1. The van der Waals surface area contributed by atoms with Crippen molar-refractivity contribution in [2.24, 2.45) is 10.7 Å². The molecule has 0 aliphatic carbocycles. The van der Waals surface area contributed by atoms with E-state index in [0.29, 0.717) is 35.4 Å². The molecule has 1 aromatic carbocycles. The number of carboxylic acid groups (broad SMARTS) is 2. The highest BCUT2D eigenvalue weighted by Crippen LogP contribution is 2.26. The van der Waals surface area contributed by atoms with Crippen LogP contribution in [-0.2, 0) is 27.5 Å². The van der Waals surface area contributed by atoms with Crippen LogP contribution >= 0.6 is 11.3 Å². The van der Waals surface area contributed by atoms with Gasteiger partial charge in [0.15, 0.2) is 16.9 Å². The quantitative estimate of drug-likeness (QED) is 0.187. The summed E-state index contributed by atoms with van der Waals surface area (Å²) in [4.78, 5) is 38.0. The van der Waals surface area contributed by atoms with E-state index in [2.05, 4.69) is 20.6 Å². The number of nitrogens with zero attached hydrogens (tertiary/aromatic N) is 2. The van der Waals surface area contributed by atoms with Gasteiger partial charge in [0.2, 0.25) is 5.91 Å². The fourth-order valence-electron chi connectivity index (χ4n) is 2.36. The van der Waals surface area contributed by atoms with Crippen LogP contribution < -0.4 is 21.1 Å². The number of carboxylic acids is 2. The molecular formula is C21H23N5O7S. The molecule has 34 heavy (non-hydrogen) atoms. The van der Waals surface area contributed by atoms with Gasteiger partial charge in [-0.2, -0.15) is 0 Å². The largest absolute Gasteiger partial charge is 0.497 e. The number of methoxy groups -OCH3 is 1. The molecule has 180 valence electrons. The summed E-state index contributed by atoms with van der Waals surface area (Å²) >= 11 is 1.40. The molecule has 0 atom stereocenters. The highest BCUT2D eigenvalue weighted by Gasteiger charge is 2.10. The fourth-order valence-corrected chi connectivity index (χ4v) is 3.07. The predicted octanol–water partition coefficient (Wildman–Crippen LogP) is 2.13. The van der Waals surface area contributed by atoms with Crippen LogP contribution in [0.25, 0.3) is 11.5 Å². The number of nitrogens with one attached hydrogen (secondary N) is 2. The molecule has 0 aliphatic heterocycles. The monoisotopic (exact) mass is 489 g/mol. The number of hydrogen-bond donors (Lipinski definition) is 5.